The summed E-state index contributed by atoms with van der Waals surface area (Å²) in [7, 11) is 4.18. The van der Waals surface area contributed by atoms with Gasteiger partial charge in [0.05, 0.1) is 10.9 Å². The molecule has 3 saturated heterocycles. The fourth-order valence-corrected chi connectivity index (χ4v) is 6.99. The standard InChI is InChI=1S/C32H34F2N8/c1-4-23-26(33)11-8-19-13-35-14-24(27(19)23)29-28(34)30-25(15-37-29)31(40(2)16-20-7-5-6-12-36-20)39-32(38-30)42-17-21-9-10-22(18-42)41(21)3/h1,8,11,13-15,20-22,36H,5-7,9-10,12,16-18H2,2-3H3/t20-,21?,22?/m0/s1. The molecule has 0 saturated carbocycles. The third kappa shape index (κ3) is 4.52. The van der Waals surface area contributed by atoms with Gasteiger partial charge in [0.2, 0.25) is 5.95 Å². The van der Waals surface area contributed by atoms with E-state index in [2.05, 4.69) is 43.0 Å². The summed E-state index contributed by atoms with van der Waals surface area (Å²) >= 11 is 0. The summed E-state index contributed by atoms with van der Waals surface area (Å²) in [5.74, 6) is 2.46. The number of likely N-dealkylation sites (N-methyl/N-ethyl adjacent to an activating group) is 2. The summed E-state index contributed by atoms with van der Waals surface area (Å²) in [5, 5.41) is 5.15. The van der Waals surface area contributed by atoms with Gasteiger partial charge >= 0.3 is 0 Å². The number of nitrogens with zero attached hydrogens (tertiary/aromatic N) is 7. The van der Waals surface area contributed by atoms with Crippen LogP contribution in [0.15, 0.2) is 30.7 Å². The molecule has 0 aliphatic carbocycles. The smallest absolute Gasteiger partial charge is 0.228 e. The van der Waals surface area contributed by atoms with Gasteiger partial charge in [-0.15, -0.1) is 6.42 Å². The lowest BCUT2D eigenvalue weighted by Gasteiger charge is -2.39. The third-order valence-electron chi connectivity index (χ3n) is 9.32. The Bertz CT molecular complexity index is 1700. The van der Waals surface area contributed by atoms with Crippen molar-refractivity contribution in [1.82, 2.24) is 30.2 Å². The Labute approximate surface area is 244 Å². The number of fused-ring (bicyclic) bond motifs is 4. The maximum absolute atomic E-state index is 16.7. The minimum atomic E-state index is -0.597. The summed E-state index contributed by atoms with van der Waals surface area (Å²) in [6.45, 7) is 3.32. The SMILES string of the molecule is C#Cc1c(F)ccc2cncc(-c3ncc4c(N(C)C[C@@H]5CCCCN5)nc(N5CC6CCC(C5)N6C)nc4c3F)c12. The average Bonchev–Trinajstić information content (AvgIpc) is 3.20. The molecule has 1 N–H and O–H groups in total. The molecule has 10 heteroatoms. The molecule has 2 bridgehead atoms. The molecule has 3 atom stereocenters. The average molecular weight is 569 g/mol. The van der Waals surface area contributed by atoms with Gasteiger partial charge in [0.15, 0.2) is 5.82 Å². The Morgan fingerprint density at radius 1 is 1.07 bits per heavy atom. The van der Waals surface area contributed by atoms with E-state index in [1.807, 2.05) is 7.05 Å². The highest BCUT2D eigenvalue weighted by Gasteiger charge is 2.38. The van der Waals surface area contributed by atoms with Gasteiger partial charge in [0.1, 0.15) is 22.8 Å². The number of piperazine rings is 1. The number of aromatic nitrogens is 4. The third-order valence-corrected chi connectivity index (χ3v) is 9.32. The molecule has 3 fully saturated rings. The van der Waals surface area contributed by atoms with Crippen molar-refractivity contribution in [3.63, 3.8) is 0 Å². The molecule has 2 unspecified atom stereocenters. The highest BCUT2D eigenvalue weighted by atomic mass is 19.1. The molecule has 0 radical (unpaired) electrons. The second-order valence-electron chi connectivity index (χ2n) is 11.9. The highest BCUT2D eigenvalue weighted by Crippen LogP contribution is 2.37. The summed E-state index contributed by atoms with van der Waals surface area (Å²) in [5.41, 5.74) is 0.611. The maximum Gasteiger partial charge on any atom is 0.228 e. The van der Waals surface area contributed by atoms with Crippen molar-refractivity contribution in [3.05, 3.63) is 47.9 Å². The summed E-state index contributed by atoms with van der Waals surface area (Å²) in [6, 6.07) is 4.07. The zero-order valence-corrected chi connectivity index (χ0v) is 23.9. The van der Waals surface area contributed by atoms with Gasteiger partial charge in [-0.2, -0.15) is 4.98 Å². The minimum Gasteiger partial charge on any atom is -0.357 e. The van der Waals surface area contributed by atoms with Crippen LogP contribution in [0.4, 0.5) is 20.5 Å². The van der Waals surface area contributed by atoms with Crippen molar-refractivity contribution < 1.29 is 8.78 Å². The van der Waals surface area contributed by atoms with Crippen molar-refractivity contribution in [1.29, 1.82) is 0 Å². The Balaban J connectivity index is 1.39. The van der Waals surface area contributed by atoms with Gasteiger partial charge in [0, 0.05) is 79.7 Å². The van der Waals surface area contributed by atoms with Crippen molar-refractivity contribution in [2.45, 2.75) is 50.2 Å². The van der Waals surface area contributed by atoms with Crippen LogP contribution in [0, 0.1) is 24.0 Å². The number of hydrogen-bond acceptors (Lipinski definition) is 8. The molecule has 216 valence electrons. The molecule has 3 aromatic heterocycles. The lowest BCUT2D eigenvalue weighted by Crippen LogP contribution is -2.52. The van der Waals surface area contributed by atoms with E-state index >= 15 is 4.39 Å². The van der Waals surface area contributed by atoms with Crippen LogP contribution in [-0.4, -0.2) is 83.2 Å². The topological polar surface area (TPSA) is 73.3 Å². The number of terminal acetylenes is 1. The van der Waals surface area contributed by atoms with E-state index in [-0.39, 0.29) is 16.8 Å². The van der Waals surface area contributed by atoms with Crippen molar-refractivity contribution in [3.8, 4) is 23.6 Å². The van der Waals surface area contributed by atoms with Crippen LogP contribution >= 0.6 is 0 Å². The zero-order valence-electron chi connectivity index (χ0n) is 23.9. The Morgan fingerprint density at radius 3 is 2.62 bits per heavy atom. The van der Waals surface area contributed by atoms with E-state index in [1.165, 1.54) is 25.1 Å². The molecule has 0 spiro atoms. The number of hydrogen-bond donors (Lipinski definition) is 1. The van der Waals surface area contributed by atoms with E-state index in [0.29, 0.717) is 51.6 Å². The second kappa shape index (κ2) is 10.7. The van der Waals surface area contributed by atoms with Gasteiger partial charge in [-0.05, 0) is 51.4 Å². The summed E-state index contributed by atoms with van der Waals surface area (Å²) < 4.78 is 31.5. The number of piperidine rings is 1. The molecule has 8 nitrogen and oxygen atoms in total. The van der Waals surface area contributed by atoms with Gasteiger partial charge in [0.25, 0.3) is 0 Å². The second-order valence-corrected chi connectivity index (χ2v) is 11.9. The maximum atomic E-state index is 16.7. The quantitative estimate of drug-likeness (QED) is 0.356. The first kappa shape index (κ1) is 26.9. The molecule has 7 rings (SSSR count). The van der Waals surface area contributed by atoms with Crippen LogP contribution in [0.2, 0.25) is 0 Å². The number of halogens is 2. The molecule has 3 aliphatic rings. The number of benzene rings is 1. The van der Waals surface area contributed by atoms with E-state index in [4.69, 9.17) is 16.4 Å². The van der Waals surface area contributed by atoms with Crippen LogP contribution < -0.4 is 15.1 Å². The van der Waals surface area contributed by atoms with Crippen LogP contribution in [0.3, 0.4) is 0 Å². The van der Waals surface area contributed by atoms with Crippen LogP contribution in [0.25, 0.3) is 32.9 Å². The number of nitrogens with one attached hydrogen (secondary N) is 1. The summed E-state index contributed by atoms with van der Waals surface area (Å²) in [4.78, 5) is 25.5. The Morgan fingerprint density at radius 2 is 1.88 bits per heavy atom. The number of pyridine rings is 2. The molecule has 1 aromatic carbocycles. The Hall–Kier alpha value is -3.94. The van der Waals surface area contributed by atoms with Gasteiger partial charge in [-0.1, -0.05) is 12.3 Å². The molecule has 42 heavy (non-hydrogen) atoms. The first-order valence-electron chi connectivity index (χ1n) is 14.7. The first-order valence-corrected chi connectivity index (χ1v) is 14.7. The van der Waals surface area contributed by atoms with E-state index in [1.54, 1.807) is 18.5 Å². The normalized spacial score (nSPS) is 22.5. The van der Waals surface area contributed by atoms with Crippen molar-refractivity contribution in [2.24, 2.45) is 0 Å². The predicted molar refractivity (Wildman–Crippen MR) is 162 cm³/mol. The monoisotopic (exact) mass is 568 g/mol. The van der Waals surface area contributed by atoms with E-state index in [9.17, 15) is 4.39 Å². The van der Waals surface area contributed by atoms with E-state index < -0.39 is 11.6 Å². The zero-order chi connectivity index (χ0) is 29.0. The highest BCUT2D eigenvalue weighted by molar-refractivity contribution is 6.01. The molecular formula is C32H34F2N8. The predicted octanol–water partition coefficient (Wildman–Crippen LogP) is 4.36. The van der Waals surface area contributed by atoms with Crippen LogP contribution in [0.1, 0.15) is 37.7 Å². The van der Waals surface area contributed by atoms with Gasteiger partial charge < -0.3 is 15.1 Å². The lowest BCUT2D eigenvalue weighted by atomic mass is 9.98. The van der Waals surface area contributed by atoms with E-state index in [0.717, 1.165) is 45.4 Å². The fourth-order valence-electron chi connectivity index (χ4n) is 6.99. The molecule has 3 aliphatic heterocycles. The molecule has 6 heterocycles. The van der Waals surface area contributed by atoms with Crippen LogP contribution in [-0.2, 0) is 0 Å². The Kier molecular flexibility index (Phi) is 6.87. The lowest BCUT2D eigenvalue weighted by molar-refractivity contribution is 0.211. The molecule has 4 aromatic rings. The van der Waals surface area contributed by atoms with Crippen molar-refractivity contribution >= 4 is 33.4 Å². The largest absolute Gasteiger partial charge is 0.357 e. The number of anilines is 2. The van der Waals surface area contributed by atoms with Crippen molar-refractivity contribution in [2.75, 3.05) is 50.1 Å². The molecule has 0 amide bonds. The van der Waals surface area contributed by atoms with Crippen LogP contribution in [0.5, 0.6) is 0 Å². The minimum absolute atomic E-state index is 0.0355. The number of rotatable bonds is 5. The van der Waals surface area contributed by atoms with Gasteiger partial charge in [-0.25, -0.2) is 13.8 Å². The van der Waals surface area contributed by atoms with Gasteiger partial charge in [-0.3, -0.25) is 14.9 Å². The first-order chi connectivity index (χ1) is 20.4. The fraction of sp³-hybridized carbons (Fsp3) is 0.438. The summed E-state index contributed by atoms with van der Waals surface area (Å²) in [6.07, 6.45) is 16.1. The molecular weight excluding hydrogens is 534 g/mol.